The highest BCUT2D eigenvalue weighted by molar-refractivity contribution is 5.79. The largest absolute Gasteiger partial charge is 0.497 e. The average Bonchev–Trinajstić information content (AvgIpc) is 2.70. The van der Waals surface area contributed by atoms with Crippen LogP contribution in [0.1, 0.15) is 11.9 Å². The van der Waals surface area contributed by atoms with Gasteiger partial charge in [0.15, 0.2) is 0 Å². The lowest BCUT2D eigenvalue weighted by atomic mass is 10.2. The Balaban J connectivity index is 2.46. The number of hydrogen-bond donors (Lipinski definition) is 2. The van der Waals surface area contributed by atoms with E-state index in [4.69, 9.17) is 14.9 Å². The predicted molar refractivity (Wildman–Crippen MR) is 56.8 cm³/mol. The van der Waals surface area contributed by atoms with Gasteiger partial charge >= 0.3 is 0 Å². The molecular weight excluding hydrogens is 194 g/mol. The summed E-state index contributed by atoms with van der Waals surface area (Å²) in [6, 6.07) is 7.24. The Labute approximate surface area is 87.2 Å². The quantitative estimate of drug-likeness (QED) is 0.798. The lowest BCUT2D eigenvalue weighted by molar-refractivity contribution is 0.160. The molecule has 1 aromatic carbocycles. The summed E-state index contributed by atoms with van der Waals surface area (Å²) in [5.41, 5.74) is 6.07. The van der Waals surface area contributed by atoms with Crippen LogP contribution in [0.4, 0.5) is 0 Å². The Bertz CT molecular complexity index is 464. The molecule has 0 saturated carbocycles. The number of methoxy groups -OCH3 is 1. The number of nitrogens with two attached hydrogens (primary N) is 1. The van der Waals surface area contributed by atoms with E-state index in [9.17, 15) is 5.11 Å². The number of hydrogen-bond acceptors (Lipinski definition) is 4. The van der Waals surface area contributed by atoms with Crippen LogP contribution in [0, 0.1) is 0 Å². The van der Waals surface area contributed by atoms with E-state index in [0.29, 0.717) is 5.76 Å². The Kier molecular flexibility index (Phi) is 2.62. The van der Waals surface area contributed by atoms with Gasteiger partial charge < -0.3 is 20.0 Å². The summed E-state index contributed by atoms with van der Waals surface area (Å²) in [4.78, 5) is 0. The van der Waals surface area contributed by atoms with Gasteiger partial charge in [-0.2, -0.15) is 0 Å². The monoisotopic (exact) mass is 207 g/mol. The van der Waals surface area contributed by atoms with Crippen LogP contribution < -0.4 is 10.5 Å². The van der Waals surface area contributed by atoms with E-state index in [0.717, 1.165) is 16.7 Å². The van der Waals surface area contributed by atoms with Gasteiger partial charge in [0.1, 0.15) is 23.2 Å². The lowest BCUT2D eigenvalue weighted by Gasteiger charge is -2.00. The summed E-state index contributed by atoms with van der Waals surface area (Å²) < 4.78 is 10.5. The normalized spacial score (nSPS) is 13.0. The van der Waals surface area contributed by atoms with E-state index in [1.807, 2.05) is 12.1 Å². The minimum absolute atomic E-state index is 0.150. The van der Waals surface area contributed by atoms with Crippen molar-refractivity contribution < 1.29 is 14.3 Å². The zero-order valence-electron chi connectivity index (χ0n) is 8.43. The zero-order chi connectivity index (χ0) is 10.8. The number of fused-ring (bicyclic) bond motifs is 1. The molecule has 0 aliphatic carbocycles. The van der Waals surface area contributed by atoms with Crippen molar-refractivity contribution in [2.75, 3.05) is 13.7 Å². The minimum Gasteiger partial charge on any atom is -0.497 e. The van der Waals surface area contributed by atoms with Crippen LogP contribution in [-0.4, -0.2) is 18.8 Å². The van der Waals surface area contributed by atoms with Gasteiger partial charge in [-0.25, -0.2) is 0 Å². The molecule has 2 aromatic rings. The molecule has 1 aromatic heterocycles. The van der Waals surface area contributed by atoms with Crippen LogP contribution in [0.25, 0.3) is 11.0 Å². The third-order valence-corrected chi connectivity index (χ3v) is 2.29. The van der Waals surface area contributed by atoms with Gasteiger partial charge in [0.05, 0.1) is 7.11 Å². The van der Waals surface area contributed by atoms with Crippen LogP contribution in [0.3, 0.4) is 0 Å². The van der Waals surface area contributed by atoms with Crippen LogP contribution in [0.5, 0.6) is 5.75 Å². The molecule has 0 spiro atoms. The minimum atomic E-state index is -0.747. The average molecular weight is 207 g/mol. The van der Waals surface area contributed by atoms with Crippen LogP contribution in [0.2, 0.25) is 0 Å². The molecule has 80 valence electrons. The number of furan rings is 1. The number of rotatable bonds is 3. The SMILES string of the molecule is COc1ccc2oc(C(O)CN)cc2c1. The van der Waals surface area contributed by atoms with Gasteiger partial charge in [0, 0.05) is 11.9 Å². The second-order valence-corrected chi connectivity index (χ2v) is 3.30. The molecule has 0 aliphatic heterocycles. The summed E-state index contributed by atoms with van der Waals surface area (Å²) in [6.45, 7) is 0.150. The van der Waals surface area contributed by atoms with Gasteiger partial charge in [0.25, 0.3) is 0 Å². The molecule has 3 N–H and O–H groups in total. The first-order chi connectivity index (χ1) is 7.24. The molecule has 0 aliphatic rings. The van der Waals surface area contributed by atoms with Gasteiger partial charge in [-0.15, -0.1) is 0 Å². The Morgan fingerprint density at radius 3 is 2.93 bits per heavy atom. The van der Waals surface area contributed by atoms with E-state index in [1.54, 1.807) is 19.2 Å². The maximum absolute atomic E-state index is 9.51. The highest BCUT2D eigenvalue weighted by Gasteiger charge is 2.11. The molecule has 1 unspecified atom stereocenters. The predicted octanol–water partition coefficient (Wildman–Crippen LogP) is 1.43. The van der Waals surface area contributed by atoms with Crippen molar-refractivity contribution in [1.82, 2.24) is 0 Å². The Hall–Kier alpha value is -1.52. The molecule has 2 rings (SSSR count). The van der Waals surface area contributed by atoms with E-state index < -0.39 is 6.10 Å². The molecule has 1 atom stereocenters. The Morgan fingerprint density at radius 2 is 2.27 bits per heavy atom. The lowest BCUT2D eigenvalue weighted by Crippen LogP contribution is -2.10. The topological polar surface area (TPSA) is 68.6 Å². The fourth-order valence-electron chi connectivity index (χ4n) is 1.45. The summed E-state index contributed by atoms with van der Waals surface area (Å²) in [5.74, 6) is 1.25. The van der Waals surface area contributed by atoms with Crippen molar-refractivity contribution in [2.24, 2.45) is 5.73 Å². The van der Waals surface area contributed by atoms with Crippen molar-refractivity contribution in [1.29, 1.82) is 0 Å². The second kappa shape index (κ2) is 3.92. The van der Waals surface area contributed by atoms with Gasteiger partial charge in [-0.1, -0.05) is 0 Å². The second-order valence-electron chi connectivity index (χ2n) is 3.30. The first-order valence-electron chi connectivity index (χ1n) is 4.70. The molecule has 0 amide bonds. The van der Waals surface area contributed by atoms with Crippen LogP contribution in [-0.2, 0) is 0 Å². The summed E-state index contributed by atoms with van der Waals surface area (Å²) in [6.07, 6.45) is -0.747. The van der Waals surface area contributed by atoms with Crippen molar-refractivity contribution in [3.05, 3.63) is 30.0 Å². The summed E-state index contributed by atoms with van der Waals surface area (Å²) >= 11 is 0. The molecule has 0 saturated heterocycles. The molecule has 4 nitrogen and oxygen atoms in total. The maximum Gasteiger partial charge on any atom is 0.135 e. The Morgan fingerprint density at radius 1 is 1.47 bits per heavy atom. The van der Waals surface area contributed by atoms with Crippen molar-refractivity contribution in [3.63, 3.8) is 0 Å². The van der Waals surface area contributed by atoms with Crippen molar-refractivity contribution in [2.45, 2.75) is 6.10 Å². The number of ether oxygens (including phenoxy) is 1. The first kappa shape index (κ1) is 10.0. The summed E-state index contributed by atoms with van der Waals surface area (Å²) in [7, 11) is 1.61. The molecule has 0 bridgehead atoms. The fourth-order valence-corrected chi connectivity index (χ4v) is 1.45. The van der Waals surface area contributed by atoms with E-state index in [2.05, 4.69) is 0 Å². The number of aliphatic hydroxyl groups is 1. The number of aliphatic hydroxyl groups excluding tert-OH is 1. The van der Waals surface area contributed by atoms with Gasteiger partial charge in [-0.05, 0) is 24.3 Å². The van der Waals surface area contributed by atoms with Crippen LogP contribution >= 0.6 is 0 Å². The van der Waals surface area contributed by atoms with Crippen LogP contribution in [0.15, 0.2) is 28.7 Å². The molecule has 0 fully saturated rings. The smallest absolute Gasteiger partial charge is 0.135 e. The van der Waals surface area contributed by atoms with E-state index in [-0.39, 0.29) is 6.54 Å². The van der Waals surface area contributed by atoms with Crippen molar-refractivity contribution >= 4 is 11.0 Å². The van der Waals surface area contributed by atoms with E-state index >= 15 is 0 Å². The third kappa shape index (κ3) is 1.82. The maximum atomic E-state index is 9.51. The molecular formula is C11H13NO3. The zero-order valence-corrected chi connectivity index (χ0v) is 8.43. The highest BCUT2D eigenvalue weighted by atomic mass is 16.5. The fraction of sp³-hybridized carbons (Fsp3) is 0.273. The molecule has 1 heterocycles. The van der Waals surface area contributed by atoms with Gasteiger partial charge in [0.2, 0.25) is 0 Å². The van der Waals surface area contributed by atoms with Gasteiger partial charge in [-0.3, -0.25) is 0 Å². The molecule has 15 heavy (non-hydrogen) atoms. The summed E-state index contributed by atoms with van der Waals surface area (Å²) in [5, 5.41) is 10.4. The molecule has 4 heteroatoms. The van der Waals surface area contributed by atoms with Crippen molar-refractivity contribution in [3.8, 4) is 5.75 Å². The first-order valence-corrected chi connectivity index (χ1v) is 4.70. The number of benzene rings is 1. The van der Waals surface area contributed by atoms with E-state index in [1.165, 1.54) is 0 Å². The highest BCUT2D eigenvalue weighted by Crippen LogP contribution is 2.26. The molecule has 0 radical (unpaired) electrons. The third-order valence-electron chi connectivity index (χ3n) is 2.29. The standard InChI is InChI=1S/C11H13NO3/c1-14-8-2-3-10-7(4-8)5-11(15-10)9(13)6-12/h2-5,9,13H,6,12H2,1H3.